The van der Waals surface area contributed by atoms with Gasteiger partial charge in [-0.1, -0.05) is 57.2 Å². The van der Waals surface area contributed by atoms with Crippen molar-refractivity contribution in [1.82, 2.24) is 5.09 Å². The molecule has 7 heteroatoms. The Kier molecular flexibility index (Phi) is 6.15. The Labute approximate surface area is 153 Å². The Bertz CT molecular complexity index is 799. The molecule has 0 bridgehead atoms. The number of carbonyl (C=O) groups is 1. The molecule has 2 aromatic rings. The Balaban J connectivity index is 2.06. The van der Waals surface area contributed by atoms with Crippen LogP contribution in [0.1, 0.15) is 27.7 Å². The van der Waals surface area contributed by atoms with E-state index in [-0.39, 0.29) is 5.41 Å². The van der Waals surface area contributed by atoms with Gasteiger partial charge in [0.2, 0.25) is 0 Å². The second-order valence-electron chi connectivity index (χ2n) is 7.12. The molecule has 0 aliphatic heterocycles. The number of hydrogen-bond donors (Lipinski definition) is 2. The summed E-state index contributed by atoms with van der Waals surface area (Å²) in [5, 5.41) is 12.9. The normalized spacial score (nSPS) is 15.4. The molecule has 0 amide bonds. The van der Waals surface area contributed by atoms with E-state index in [2.05, 4.69) is 5.09 Å². The van der Waals surface area contributed by atoms with E-state index in [1.165, 1.54) is 0 Å². The molecular formula is C18H24ClN2O3P. The van der Waals surface area contributed by atoms with Crippen LogP contribution in [-0.2, 0) is 9.53 Å². The molecule has 0 saturated heterocycles. The van der Waals surface area contributed by atoms with Gasteiger partial charge in [0, 0.05) is 5.39 Å². The average molecular weight is 383 g/mol. The van der Waals surface area contributed by atoms with E-state index >= 15 is 0 Å². The molecule has 2 atom stereocenters. The van der Waals surface area contributed by atoms with Gasteiger partial charge in [-0.15, -0.1) is 0 Å². The van der Waals surface area contributed by atoms with Crippen molar-refractivity contribution in [3.8, 4) is 5.75 Å². The summed E-state index contributed by atoms with van der Waals surface area (Å²) in [6.07, 6.45) is 0. The summed E-state index contributed by atoms with van der Waals surface area (Å²) in [4.78, 5) is 12.1. The number of ether oxygens (including phenoxy) is 1. The van der Waals surface area contributed by atoms with Crippen LogP contribution in [0.5, 0.6) is 5.75 Å². The van der Waals surface area contributed by atoms with E-state index in [9.17, 15) is 4.79 Å². The molecule has 0 aliphatic carbocycles. The first-order valence-corrected chi connectivity index (χ1v) is 10.6. The summed E-state index contributed by atoms with van der Waals surface area (Å²) in [7, 11) is 0. The van der Waals surface area contributed by atoms with Gasteiger partial charge in [0.15, 0.2) is 0 Å². The summed E-state index contributed by atoms with van der Waals surface area (Å²) < 4.78 is 11.0. The highest BCUT2D eigenvalue weighted by atomic mass is 35.7. The zero-order valence-electron chi connectivity index (χ0n) is 14.9. The SMILES string of the molecule is CC(NP(=N)(Cl)Oc1cccc2ccccc12)C(=O)OCC(C)(C)C. The fraction of sp³-hybridized carbons (Fsp3) is 0.389. The van der Waals surface area contributed by atoms with Crippen LogP contribution in [0.15, 0.2) is 42.5 Å². The minimum absolute atomic E-state index is 0.122. The lowest BCUT2D eigenvalue weighted by Gasteiger charge is -2.23. The number of fused-ring (bicyclic) bond motifs is 1. The Morgan fingerprint density at radius 3 is 2.56 bits per heavy atom. The van der Waals surface area contributed by atoms with Crippen molar-refractivity contribution in [2.24, 2.45) is 5.41 Å². The lowest BCUT2D eigenvalue weighted by Crippen LogP contribution is -2.34. The zero-order chi connectivity index (χ0) is 18.7. The quantitative estimate of drug-likeness (QED) is 0.507. The van der Waals surface area contributed by atoms with Crippen molar-refractivity contribution in [2.75, 3.05) is 6.61 Å². The van der Waals surface area contributed by atoms with Gasteiger partial charge in [-0.3, -0.25) is 9.96 Å². The van der Waals surface area contributed by atoms with Gasteiger partial charge in [0.1, 0.15) is 11.8 Å². The molecule has 0 aliphatic rings. The van der Waals surface area contributed by atoms with Crippen molar-refractivity contribution in [1.29, 1.82) is 5.16 Å². The van der Waals surface area contributed by atoms with E-state index in [1.807, 2.05) is 57.2 Å². The van der Waals surface area contributed by atoms with Crippen LogP contribution < -0.4 is 9.61 Å². The summed E-state index contributed by atoms with van der Waals surface area (Å²) >= 11 is 6.24. The summed E-state index contributed by atoms with van der Waals surface area (Å²) in [5.41, 5.74) is -0.122. The van der Waals surface area contributed by atoms with Crippen LogP contribution in [0.25, 0.3) is 10.8 Å². The zero-order valence-corrected chi connectivity index (χ0v) is 16.5. The summed E-state index contributed by atoms with van der Waals surface area (Å²) in [6.45, 7) is 4.57. The highest BCUT2D eigenvalue weighted by Crippen LogP contribution is 2.50. The number of esters is 1. The number of carbonyl (C=O) groups excluding carboxylic acids is 1. The third-order valence-electron chi connectivity index (χ3n) is 3.33. The van der Waals surface area contributed by atoms with Crippen molar-refractivity contribution in [2.45, 2.75) is 33.7 Å². The van der Waals surface area contributed by atoms with Crippen LogP contribution in [0.4, 0.5) is 0 Å². The lowest BCUT2D eigenvalue weighted by molar-refractivity contribution is -0.147. The van der Waals surface area contributed by atoms with E-state index in [0.717, 1.165) is 10.8 Å². The first-order chi connectivity index (χ1) is 11.6. The van der Waals surface area contributed by atoms with Gasteiger partial charge in [-0.25, -0.2) is 5.09 Å². The van der Waals surface area contributed by atoms with E-state index in [1.54, 1.807) is 13.0 Å². The van der Waals surface area contributed by atoms with Crippen LogP contribution in [0.3, 0.4) is 0 Å². The number of hydrogen-bond acceptors (Lipinski definition) is 4. The molecule has 2 rings (SSSR count). The summed E-state index contributed by atoms with van der Waals surface area (Å²) in [5.74, 6) is 0.0629. The highest BCUT2D eigenvalue weighted by Gasteiger charge is 2.26. The molecule has 2 aromatic carbocycles. The first-order valence-electron chi connectivity index (χ1n) is 8.03. The molecule has 2 N–H and O–H groups in total. The second-order valence-corrected chi connectivity index (χ2v) is 10.1. The number of rotatable bonds is 6. The predicted octanol–water partition coefficient (Wildman–Crippen LogP) is 5.55. The molecule has 0 saturated carbocycles. The third kappa shape index (κ3) is 6.03. The fourth-order valence-electron chi connectivity index (χ4n) is 2.15. The minimum atomic E-state index is -3.27. The maximum absolute atomic E-state index is 12.1. The van der Waals surface area contributed by atoms with Crippen molar-refractivity contribution in [3.63, 3.8) is 0 Å². The van der Waals surface area contributed by atoms with Crippen LogP contribution >= 0.6 is 18.0 Å². The largest absolute Gasteiger partial charge is 0.464 e. The molecule has 0 fully saturated rings. The van der Waals surface area contributed by atoms with Gasteiger partial charge >= 0.3 is 5.97 Å². The van der Waals surface area contributed by atoms with Crippen LogP contribution in [0.2, 0.25) is 0 Å². The Morgan fingerprint density at radius 2 is 1.88 bits per heavy atom. The third-order valence-corrected chi connectivity index (χ3v) is 5.00. The number of halogens is 1. The van der Waals surface area contributed by atoms with E-state index in [4.69, 9.17) is 25.7 Å². The number of nitrogens with one attached hydrogen (secondary N) is 2. The monoisotopic (exact) mass is 382 g/mol. The standard InChI is InChI=1S/C18H24ClN2O3P/c1-13(17(22)23-12-18(2,3)4)21-25(19,20)24-16-11-7-9-14-8-5-6-10-15(14)16/h5-11,13H,12H2,1-4H3,(H2,20,21). The van der Waals surface area contributed by atoms with E-state index in [0.29, 0.717) is 12.4 Å². The van der Waals surface area contributed by atoms with E-state index < -0.39 is 18.8 Å². The molecule has 136 valence electrons. The topological polar surface area (TPSA) is 71.4 Å². The highest BCUT2D eigenvalue weighted by molar-refractivity contribution is 7.85. The molecule has 5 nitrogen and oxygen atoms in total. The molecule has 25 heavy (non-hydrogen) atoms. The van der Waals surface area contributed by atoms with Crippen molar-refractivity contribution < 1.29 is 14.1 Å². The molecule has 2 unspecified atom stereocenters. The van der Waals surface area contributed by atoms with Gasteiger partial charge in [0.05, 0.1) is 6.61 Å². The molecule has 0 heterocycles. The second kappa shape index (κ2) is 7.77. The maximum atomic E-state index is 12.1. The molecule has 0 aromatic heterocycles. The van der Waals surface area contributed by atoms with Gasteiger partial charge < -0.3 is 9.26 Å². The van der Waals surface area contributed by atoms with Gasteiger partial charge in [0.25, 0.3) is 6.78 Å². The lowest BCUT2D eigenvalue weighted by atomic mass is 9.99. The molecule has 0 radical (unpaired) electrons. The predicted molar refractivity (Wildman–Crippen MR) is 103 cm³/mol. The maximum Gasteiger partial charge on any atom is 0.323 e. The van der Waals surface area contributed by atoms with Gasteiger partial charge in [-0.2, -0.15) is 0 Å². The minimum Gasteiger partial charge on any atom is -0.464 e. The molecule has 0 spiro atoms. The smallest absolute Gasteiger partial charge is 0.323 e. The Morgan fingerprint density at radius 1 is 1.24 bits per heavy atom. The van der Waals surface area contributed by atoms with Crippen LogP contribution in [0, 0.1) is 10.6 Å². The fourth-order valence-corrected chi connectivity index (χ4v) is 3.90. The Hall–Kier alpha value is -1.55. The van der Waals surface area contributed by atoms with Gasteiger partial charge in [-0.05, 0) is 35.0 Å². The number of benzene rings is 2. The van der Waals surface area contributed by atoms with Crippen LogP contribution in [-0.4, -0.2) is 18.6 Å². The van der Waals surface area contributed by atoms with Crippen molar-refractivity contribution >= 4 is 34.8 Å². The van der Waals surface area contributed by atoms with Crippen molar-refractivity contribution in [3.05, 3.63) is 42.5 Å². The summed E-state index contributed by atoms with van der Waals surface area (Å²) in [6, 6.07) is 12.5. The molecular weight excluding hydrogens is 359 g/mol. The average Bonchev–Trinajstić information content (AvgIpc) is 2.51. The first kappa shape index (κ1) is 19.8.